The van der Waals surface area contributed by atoms with Crippen LogP contribution in [0.1, 0.15) is 24.3 Å². The van der Waals surface area contributed by atoms with Crippen LogP contribution in [-0.2, 0) is 9.84 Å². The molecule has 20 heavy (non-hydrogen) atoms. The summed E-state index contributed by atoms with van der Waals surface area (Å²) >= 11 is 0. The highest BCUT2D eigenvalue weighted by Crippen LogP contribution is 2.36. The predicted octanol–water partition coefficient (Wildman–Crippen LogP) is 0.992. The van der Waals surface area contributed by atoms with E-state index in [1.165, 1.54) is 5.56 Å². The Hall–Kier alpha value is -0.910. The smallest absolute Gasteiger partial charge is 0.152 e. The third-order valence-electron chi connectivity index (χ3n) is 4.88. The number of rotatable bonds is 3. The summed E-state index contributed by atoms with van der Waals surface area (Å²) in [6, 6.07) is 10.5. The standard InChI is InChI=1S/C15H22N2O2S/c16-11-15(7-9-20(18,19)12-15)17-8-6-14(10-17)13-4-2-1-3-5-13/h1-5,14H,6-12,16H2. The van der Waals surface area contributed by atoms with Crippen LogP contribution in [0.5, 0.6) is 0 Å². The van der Waals surface area contributed by atoms with Crippen molar-refractivity contribution in [2.45, 2.75) is 24.3 Å². The Bertz CT molecular complexity index is 573. The molecule has 3 rings (SSSR count). The van der Waals surface area contributed by atoms with E-state index in [4.69, 9.17) is 5.73 Å². The zero-order chi connectivity index (χ0) is 14.2. The first kappa shape index (κ1) is 14.0. The monoisotopic (exact) mass is 294 g/mol. The highest BCUT2D eigenvalue weighted by Gasteiger charge is 2.47. The molecule has 2 aliphatic heterocycles. The summed E-state index contributed by atoms with van der Waals surface area (Å²) in [6.07, 6.45) is 1.78. The summed E-state index contributed by atoms with van der Waals surface area (Å²) in [5, 5.41) is 0. The number of nitrogens with two attached hydrogens (primary N) is 1. The number of likely N-dealkylation sites (tertiary alicyclic amines) is 1. The first-order valence-electron chi connectivity index (χ1n) is 7.25. The normalized spacial score (nSPS) is 33.5. The molecule has 0 aliphatic carbocycles. The van der Waals surface area contributed by atoms with Crippen molar-refractivity contribution in [2.24, 2.45) is 5.73 Å². The van der Waals surface area contributed by atoms with Crippen LogP contribution < -0.4 is 5.73 Å². The van der Waals surface area contributed by atoms with Gasteiger partial charge in [0.15, 0.2) is 9.84 Å². The van der Waals surface area contributed by atoms with Gasteiger partial charge in [0.25, 0.3) is 0 Å². The average molecular weight is 294 g/mol. The average Bonchev–Trinajstić information content (AvgIpc) is 3.05. The highest BCUT2D eigenvalue weighted by atomic mass is 32.2. The summed E-state index contributed by atoms with van der Waals surface area (Å²) in [6.45, 7) is 2.32. The Kier molecular flexibility index (Phi) is 3.60. The van der Waals surface area contributed by atoms with Crippen LogP contribution in [-0.4, -0.2) is 50.0 Å². The SMILES string of the molecule is NCC1(N2CCC(c3ccccc3)C2)CCS(=O)(=O)C1. The van der Waals surface area contributed by atoms with Gasteiger partial charge in [0.1, 0.15) is 0 Å². The molecule has 4 nitrogen and oxygen atoms in total. The number of nitrogens with zero attached hydrogens (tertiary/aromatic N) is 1. The molecule has 1 aromatic carbocycles. The van der Waals surface area contributed by atoms with E-state index in [0.717, 1.165) is 19.5 Å². The van der Waals surface area contributed by atoms with Gasteiger partial charge in [-0.25, -0.2) is 8.42 Å². The Labute approximate surface area is 120 Å². The van der Waals surface area contributed by atoms with Gasteiger partial charge in [-0.05, 0) is 30.9 Å². The molecule has 110 valence electrons. The van der Waals surface area contributed by atoms with E-state index in [1.54, 1.807) is 0 Å². The topological polar surface area (TPSA) is 63.4 Å². The maximum atomic E-state index is 11.8. The van der Waals surface area contributed by atoms with Gasteiger partial charge >= 0.3 is 0 Å². The summed E-state index contributed by atoms with van der Waals surface area (Å²) in [7, 11) is -2.91. The third-order valence-corrected chi connectivity index (χ3v) is 6.68. The molecule has 0 amide bonds. The molecular formula is C15H22N2O2S. The lowest BCUT2D eigenvalue weighted by Gasteiger charge is -2.36. The highest BCUT2D eigenvalue weighted by molar-refractivity contribution is 7.91. The van der Waals surface area contributed by atoms with Crippen LogP contribution >= 0.6 is 0 Å². The molecule has 0 bridgehead atoms. The van der Waals surface area contributed by atoms with Crippen LogP contribution in [0, 0.1) is 0 Å². The Morgan fingerprint density at radius 3 is 2.65 bits per heavy atom. The Balaban J connectivity index is 1.77. The maximum Gasteiger partial charge on any atom is 0.152 e. The van der Waals surface area contributed by atoms with Gasteiger partial charge in [-0.2, -0.15) is 0 Å². The fraction of sp³-hybridized carbons (Fsp3) is 0.600. The van der Waals surface area contributed by atoms with Crippen molar-refractivity contribution in [3.05, 3.63) is 35.9 Å². The van der Waals surface area contributed by atoms with Gasteiger partial charge in [-0.1, -0.05) is 30.3 Å². The zero-order valence-corrected chi connectivity index (χ0v) is 12.5. The summed E-state index contributed by atoms with van der Waals surface area (Å²) in [5.41, 5.74) is 6.98. The molecule has 0 saturated carbocycles. The van der Waals surface area contributed by atoms with E-state index in [-0.39, 0.29) is 17.0 Å². The minimum absolute atomic E-state index is 0.234. The summed E-state index contributed by atoms with van der Waals surface area (Å²) in [4.78, 5) is 2.33. The fourth-order valence-electron chi connectivity index (χ4n) is 3.63. The van der Waals surface area contributed by atoms with E-state index in [0.29, 0.717) is 18.9 Å². The van der Waals surface area contributed by atoms with Crippen LogP contribution in [0.3, 0.4) is 0 Å². The molecule has 2 saturated heterocycles. The van der Waals surface area contributed by atoms with Crippen molar-refractivity contribution < 1.29 is 8.42 Å². The Morgan fingerprint density at radius 2 is 2.05 bits per heavy atom. The minimum atomic E-state index is -2.91. The van der Waals surface area contributed by atoms with Crippen LogP contribution in [0.15, 0.2) is 30.3 Å². The van der Waals surface area contributed by atoms with Gasteiger partial charge in [0.2, 0.25) is 0 Å². The van der Waals surface area contributed by atoms with Gasteiger partial charge in [-0.15, -0.1) is 0 Å². The van der Waals surface area contributed by atoms with E-state index in [9.17, 15) is 8.42 Å². The first-order chi connectivity index (χ1) is 9.55. The van der Waals surface area contributed by atoms with E-state index in [2.05, 4.69) is 29.2 Å². The van der Waals surface area contributed by atoms with Crippen LogP contribution in [0.25, 0.3) is 0 Å². The molecule has 0 aromatic heterocycles. The minimum Gasteiger partial charge on any atom is -0.329 e. The lowest BCUT2D eigenvalue weighted by molar-refractivity contribution is 0.148. The molecule has 0 spiro atoms. The zero-order valence-electron chi connectivity index (χ0n) is 11.7. The molecule has 2 atom stereocenters. The number of hydrogen-bond acceptors (Lipinski definition) is 4. The molecule has 2 aliphatic rings. The van der Waals surface area contributed by atoms with Crippen molar-refractivity contribution >= 4 is 9.84 Å². The first-order valence-corrected chi connectivity index (χ1v) is 9.07. The maximum absolute atomic E-state index is 11.8. The molecule has 2 unspecified atom stereocenters. The van der Waals surface area contributed by atoms with Gasteiger partial charge in [-0.3, -0.25) is 4.90 Å². The second-order valence-corrected chi connectivity index (χ2v) is 8.30. The lowest BCUT2D eigenvalue weighted by atomic mass is 9.96. The van der Waals surface area contributed by atoms with Crippen molar-refractivity contribution in [3.8, 4) is 0 Å². The van der Waals surface area contributed by atoms with E-state index < -0.39 is 9.84 Å². The number of hydrogen-bond donors (Lipinski definition) is 1. The summed E-state index contributed by atoms with van der Waals surface area (Å²) < 4.78 is 23.7. The molecule has 5 heteroatoms. The molecule has 1 aromatic rings. The number of benzene rings is 1. The van der Waals surface area contributed by atoms with E-state index in [1.807, 2.05) is 6.07 Å². The van der Waals surface area contributed by atoms with Crippen molar-refractivity contribution in [1.82, 2.24) is 4.90 Å². The van der Waals surface area contributed by atoms with Crippen molar-refractivity contribution in [1.29, 1.82) is 0 Å². The largest absolute Gasteiger partial charge is 0.329 e. The number of sulfone groups is 1. The second kappa shape index (κ2) is 5.13. The van der Waals surface area contributed by atoms with Gasteiger partial charge in [0.05, 0.1) is 11.5 Å². The van der Waals surface area contributed by atoms with Gasteiger partial charge < -0.3 is 5.73 Å². The van der Waals surface area contributed by atoms with Crippen molar-refractivity contribution in [2.75, 3.05) is 31.1 Å². The lowest BCUT2D eigenvalue weighted by Crippen LogP contribution is -2.53. The molecule has 0 radical (unpaired) electrons. The quantitative estimate of drug-likeness (QED) is 0.903. The Morgan fingerprint density at radius 1 is 1.30 bits per heavy atom. The third kappa shape index (κ3) is 2.50. The predicted molar refractivity (Wildman–Crippen MR) is 80.4 cm³/mol. The van der Waals surface area contributed by atoms with Crippen LogP contribution in [0.4, 0.5) is 0 Å². The molecular weight excluding hydrogens is 272 g/mol. The molecule has 2 N–H and O–H groups in total. The molecule has 2 heterocycles. The van der Waals surface area contributed by atoms with Gasteiger partial charge in [0, 0.05) is 18.6 Å². The fourth-order valence-corrected chi connectivity index (χ4v) is 5.73. The molecule has 2 fully saturated rings. The van der Waals surface area contributed by atoms with Crippen molar-refractivity contribution in [3.63, 3.8) is 0 Å². The second-order valence-electron chi connectivity index (χ2n) is 6.11. The van der Waals surface area contributed by atoms with Crippen LogP contribution in [0.2, 0.25) is 0 Å². The summed E-state index contributed by atoms with van der Waals surface area (Å²) in [5.74, 6) is 1.03. The van der Waals surface area contributed by atoms with E-state index >= 15 is 0 Å².